The first-order valence-electron chi connectivity index (χ1n) is 13.5. The molecule has 1 saturated heterocycles. The van der Waals surface area contributed by atoms with Gasteiger partial charge in [-0.3, -0.25) is 19.3 Å². The van der Waals surface area contributed by atoms with Gasteiger partial charge in [-0.2, -0.15) is 0 Å². The molecule has 200 valence electrons. The molecule has 1 N–H and O–H groups in total. The predicted molar refractivity (Wildman–Crippen MR) is 146 cm³/mol. The van der Waals surface area contributed by atoms with Gasteiger partial charge in [0.15, 0.2) is 5.13 Å². The number of amides is 3. The number of thiazole rings is 1. The Morgan fingerprint density at radius 3 is 2.43 bits per heavy atom. The minimum absolute atomic E-state index is 0.0219. The van der Waals surface area contributed by atoms with Crippen LogP contribution in [0.3, 0.4) is 0 Å². The lowest BCUT2D eigenvalue weighted by molar-refractivity contribution is -0.141. The summed E-state index contributed by atoms with van der Waals surface area (Å²) in [6, 6.07) is 10.3. The zero-order valence-electron chi connectivity index (χ0n) is 22.0. The van der Waals surface area contributed by atoms with Gasteiger partial charge in [0, 0.05) is 50.1 Å². The van der Waals surface area contributed by atoms with Crippen LogP contribution in [0.2, 0.25) is 0 Å². The zero-order valence-corrected chi connectivity index (χ0v) is 22.8. The number of benzene rings is 1. The van der Waals surface area contributed by atoms with E-state index in [2.05, 4.69) is 39.5 Å². The molecule has 1 saturated carbocycles. The molecule has 1 aliphatic carbocycles. The van der Waals surface area contributed by atoms with Crippen LogP contribution in [0.1, 0.15) is 57.2 Å². The summed E-state index contributed by atoms with van der Waals surface area (Å²) in [5.74, 6) is -0.0769. The van der Waals surface area contributed by atoms with Gasteiger partial charge < -0.3 is 15.1 Å². The summed E-state index contributed by atoms with van der Waals surface area (Å²) in [5, 5.41) is 5.12. The highest BCUT2D eigenvalue weighted by atomic mass is 32.1. The molecule has 2 fully saturated rings. The van der Waals surface area contributed by atoms with Gasteiger partial charge in [0.2, 0.25) is 17.7 Å². The van der Waals surface area contributed by atoms with E-state index in [-0.39, 0.29) is 42.6 Å². The molecule has 2 heterocycles. The fourth-order valence-electron chi connectivity index (χ4n) is 5.12. The van der Waals surface area contributed by atoms with E-state index < -0.39 is 0 Å². The normalized spacial score (nSPS) is 17.1. The third-order valence-corrected chi connectivity index (χ3v) is 8.09. The van der Waals surface area contributed by atoms with Crippen LogP contribution in [-0.4, -0.2) is 76.2 Å². The van der Waals surface area contributed by atoms with Crippen LogP contribution < -0.4 is 5.32 Å². The molecule has 1 aliphatic heterocycles. The van der Waals surface area contributed by atoms with Crippen molar-refractivity contribution in [2.45, 2.75) is 65.0 Å². The third kappa shape index (κ3) is 7.85. The molecule has 3 amide bonds. The first kappa shape index (κ1) is 27.3. The highest BCUT2D eigenvalue weighted by Crippen LogP contribution is 2.26. The largest absolute Gasteiger partial charge is 0.340 e. The lowest BCUT2D eigenvalue weighted by Crippen LogP contribution is -2.48. The summed E-state index contributed by atoms with van der Waals surface area (Å²) in [6.07, 6.45) is 5.40. The van der Waals surface area contributed by atoms with Gasteiger partial charge in [-0.15, -0.1) is 11.3 Å². The second-order valence-electron chi connectivity index (χ2n) is 10.4. The summed E-state index contributed by atoms with van der Waals surface area (Å²) < 4.78 is 0. The number of hydrogen-bond donors (Lipinski definition) is 1. The van der Waals surface area contributed by atoms with E-state index in [0.29, 0.717) is 23.9 Å². The molecule has 9 heteroatoms. The Kier molecular flexibility index (Phi) is 9.68. The summed E-state index contributed by atoms with van der Waals surface area (Å²) in [7, 11) is 0. The lowest BCUT2D eigenvalue weighted by Gasteiger charge is -2.34. The van der Waals surface area contributed by atoms with Crippen LogP contribution in [0.5, 0.6) is 0 Å². The highest BCUT2D eigenvalue weighted by molar-refractivity contribution is 7.13. The van der Waals surface area contributed by atoms with Crippen molar-refractivity contribution >= 4 is 34.2 Å². The van der Waals surface area contributed by atoms with Gasteiger partial charge in [0.1, 0.15) is 6.54 Å². The number of nitrogens with one attached hydrogen (secondary N) is 1. The van der Waals surface area contributed by atoms with E-state index in [0.717, 1.165) is 45.3 Å². The summed E-state index contributed by atoms with van der Waals surface area (Å²) in [5.41, 5.74) is 1.95. The van der Waals surface area contributed by atoms with Crippen molar-refractivity contribution in [3.8, 4) is 0 Å². The zero-order chi connectivity index (χ0) is 26.2. The molecular weight excluding hydrogens is 486 g/mol. The van der Waals surface area contributed by atoms with Crippen molar-refractivity contribution in [3.05, 3.63) is 47.0 Å². The van der Waals surface area contributed by atoms with Gasteiger partial charge >= 0.3 is 0 Å². The number of piperazine rings is 1. The van der Waals surface area contributed by atoms with Crippen LogP contribution in [0.4, 0.5) is 5.13 Å². The van der Waals surface area contributed by atoms with E-state index in [9.17, 15) is 14.4 Å². The Labute approximate surface area is 224 Å². The van der Waals surface area contributed by atoms with Crippen LogP contribution in [0.15, 0.2) is 35.7 Å². The van der Waals surface area contributed by atoms with Crippen LogP contribution in [0.25, 0.3) is 0 Å². The number of hydrogen-bond acceptors (Lipinski definition) is 6. The topological polar surface area (TPSA) is 85.8 Å². The van der Waals surface area contributed by atoms with E-state index in [1.807, 2.05) is 30.2 Å². The molecule has 2 aliphatic rings. The molecular formula is C28H39N5O3S. The van der Waals surface area contributed by atoms with E-state index in [1.54, 1.807) is 4.90 Å². The second kappa shape index (κ2) is 13.1. The Bertz CT molecular complexity index is 1040. The Hall–Kier alpha value is -2.78. The molecule has 0 bridgehead atoms. The van der Waals surface area contributed by atoms with E-state index in [4.69, 9.17) is 0 Å². The first-order chi connectivity index (χ1) is 17.9. The van der Waals surface area contributed by atoms with Crippen molar-refractivity contribution in [2.75, 3.05) is 38.0 Å². The van der Waals surface area contributed by atoms with Crippen molar-refractivity contribution < 1.29 is 14.4 Å². The summed E-state index contributed by atoms with van der Waals surface area (Å²) >= 11 is 1.31. The molecule has 0 atom stereocenters. The maximum absolute atomic E-state index is 13.0. The fourth-order valence-corrected chi connectivity index (χ4v) is 5.85. The van der Waals surface area contributed by atoms with Crippen molar-refractivity contribution in [2.24, 2.45) is 5.92 Å². The Morgan fingerprint density at radius 2 is 1.76 bits per heavy atom. The average Bonchev–Trinajstić information content (AvgIpc) is 3.34. The second-order valence-corrected chi connectivity index (χ2v) is 11.3. The first-order valence-corrected chi connectivity index (χ1v) is 14.4. The minimum atomic E-state index is -0.250. The van der Waals surface area contributed by atoms with Crippen LogP contribution in [0, 0.1) is 5.92 Å². The van der Waals surface area contributed by atoms with Gasteiger partial charge in [-0.05, 0) is 32.3 Å². The van der Waals surface area contributed by atoms with Crippen LogP contribution >= 0.6 is 11.3 Å². The fraction of sp³-hybridized carbons (Fsp3) is 0.571. The lowest BCUT2D eigenvalue weighted by atomic mass is 9.88. The Morgan fingerprint density at radius 1 is 1.05 bits per heavy atom. The SMILES string of the molecule is CC(C)N(CC(=O)Nc1nc(CC(=O)N2CCN(Cc3ccccc3)CC2)cs1)C(=O)C1CCCCC1. The number of nitrogens with zero attached hydrogens (tertiary/aromatic N) is 4. The van der Waals surface area contributed by atoms with Crippen LogP contribution in [-0.2, 0) is 27.3 Å². The van der Waals surface area contributed by atoms with Crippen molar-refractivity contribution in [1.29, 1.82) is 0 Å². The summed E-state index contributed by atoms with van der Waals surface area (Å²) in [6.45, 7) is 7.94. The number of rotatable bonds is 9. The highest BCUT2D eigenvalue weighted by Gasteiger charge is 2.29. The predicted octanol–water partition coefficient (Wildman–Crippen LogP) is 3.79. The molecule has 37 heavy (non-hydrogen) atoms. The molecule has 0 radical (unpaired) electrons. The van der Waals surface area contributed by atoms with Gasteiger partial charge in [-0.25, -0.2) is 4.98 Å². The van der Waals surface area contributed by atoms with Gasteiger partial charge in [0.05, 0.1) is 12.1 Å². The van der Waals surface area contributed by atoms with Gasteiger partial charge in [0.25, 0.3) is 0 Å². The molecule has 4 rings (SSSR count). The third-order valence-electron chi connectivity index (χ3n) is 7.28. The molecule has 0 spiro atoms. The maximum Gasteiger partial charge on any atom is 0.245 e. The standard InChI is InChI=1S/C28H39N5O3S/c1-21(2)33(27(36)23-11-7-4-8-12-23)19-25(34)30-28-29-24(20-37-28)17-26(35)32-15-13-31(14-16-32)18-22-9-5-3-6-10-22/h3,5-6,9-10,20-21,23H,4,7-8,11-19H2,1-2H3,(H,29,30,34). The average molecular weight is 526 g/mol. The van der Waals surface area contributed by atoms with E-state index >= 15 is 0 Å². The molecule has 8 nitrogen and oxygen atoms in total. The monoisotopic (exact) mass is 525 g/mol. The molecule has 1 aromatic heterocycles. The number of carbonyl (C=O) groups excluding carboxylic acids is 3. The number of anilines is 1. The minimum Gasteiger partial charge on any atom is -0.340 e. The smallest absolute Gasteiger partial charge is 0.245 e. The number of aromatic nitrogens is 1. The molecule has 0 unspecified atom stereocenters. The maximum atomic E-state index is 13.0. The van der Waals surface area contributed by atoms with Crippen molar-refractivity contribution in [3.63, 3.8) is 0 Å². The molecule has 1 aromatic carbocycles. The quantitative estimate of drug-likeness (QED) is 0.539. The van der Waals surface area contributed by atoms with Crippen molar-refractivity contribution in [1.82, 2.24) is 19.7 Å². The van der Waals surface area contributed by atoms with Gasteiger partial charge in [-0.1, -0.05) is 49.6 Å². The molecule has 2 aromatic rings. The summed E-state index contributed by atoms with van der Waals surface area (Å²) in [4.78, 5) is 49.0. The Balaban J connectivity index is 1.23. The van der Waals surface area contributed by atoms with E-state index in [1.165, 1.54) is 23.3 Å². The number of carbonyl (C=O) groups is 3.